The molecule has 0 aliphatic carbocycles. The minimum absolute atomic E-state index is 0.454. The molecule has 0 bridgehead atoms. The first-order valence-electron chi connectivity index (χ1n) is 6.15. The predicted octanol–water partition coefficient (Wildman–Crippen LogP) is 2.40. The summed E-state index contributed by atoms with van der Waals surface area (Å²) in [5.74, 6) is 0. The Morgan fingerprint density at radius 3 is 2.65 bits per heavy atom. The molecular weight excluding hydrogens is 210 g/mol. The van der Waals surface area contributed by atoms with Gasteiger partial charge in [0.15, 0.2) is 0 Å². The van der Waals surface area contributed by atoms with Crippen LogP contribution in [-0.2, 0) is 13.1 Å². The smallest absolute Gasteiger partial charge is 0.0531 e. The van der Waals surface area contributed by atoms with Crippen molar-refractivity contribution in [2.24, 2.45) is 5.73 Å². The van der Waals surface area contributed by atoms with Crippen LogP contribution < -0.4 is 11.1 Å². The summed E-state index contributed by atoms with van der Waals surface area (Å²) in [4.78, 5) is 0. The molecule has 17 heavy (non-hydrogen) atoms. The molecule has 0 amide bonds. The van der Waals surface area contributed by atoms with Crippen LogP contribution in [0.5, 0.6) is 0 Å². The van der Waals surface area contributed by atoms with Crippen molar-refractivity contribution >= 4 is 10.9 Å². The Morgan fingerprint density at radius 1 is 1.29 bits per heavy atom. The zero-order valence-electron chi connectivity index (χ0n) is 10.8. The Hall–Kier alpha value is -1.32. The van der Waals surface area contributed by atoms with E-state index in [1.54, 1.807) is 0 Å². The van der Waals surface area contributed by atoms with Crippen molar-refractivity contribution in [3.63, 3.8) is 0 Å². The molecule has 1 aromatic carbocycles. The molecule has 1 heterocycles. The van der Waals surface area contributed by atoms with Crippen LogP contribution >= 0.6 is 0 Å². The summed E-state index contributed by atoms with van der Waals surface area (Å²) in [6.45, 7) is 5.89. The van der Waals surface area contributed by atoms with E-state index < -0.39 is 0 Å². The Morgan fingerprint density at radius 2 is 2.06 bits per heavy atom. The van der Waals surface area contributed by atoms with Gasteiger partial charge in [0.05, 0.1) is 5.52 Å². The Bertz CT molecular complexity index is 511. The summed E-state index contributed by atoms with van der Waals surface area (Å²) >= 11 is 0. The molecule has 3 nitrogen and oxygen atoms in total. The highest BCUT2D eigenvalue weighted by Gasteiger charge is 2.12. The fraction of sp³-hybridized carbons (Fsp3) is 0.429. The molecule has 0 fully saturated rings. The molecule has 3 N–H and O–H groups in total. The summed E-state index contributed by atoms with van der Waals surface area (Å²) in [7, 11) is 1.98. The number of para-hydroxylation sites is 1. The van der Waals surface area contributed by atoms with Crippen LogP contribution in [0.4, 0.5) is 0 Å². The van der Waals surface area contributed by atoms with E-state index in [0.29, 0.717) is 12.6 Å². The van der Waals surface area contributed by atoms with E-state index >= 15 is 0 Å². The minimum Gasteiger partial charge on any atom is -0.344 e. The predicted molar refractivity (Wildman–Crippen MR) is 73.0 cm³/mol. The summed E-state index contributed by atoms with van der Waals surface area (Å²) in [5.41, 5.74) is 9.69. The van der Waals surface area contributed by atoms with Crippen molar-refractivity contribution < 1.29 is 0 Å². The van der Waals surface area contributed by atoms with Crippen LogP contribution in [0.3, 0.4) is 0 Å². The molecule has 0 radical (unpaired) electrons. The maximum atomic E-state index is 5.84. The standard InChI is InChI=1S/C14H21N3/c1-10(2)17-9-12(8-16-3)13-6-4-5-11(7-15)14(13)17/h4-6,9-10,16H,7-8,15H2,1-3H3. The van der Waals surface area contributed by atoms with E-state index in [2.05, 4.69) is 48.1 Å². The quantitative estimate of drug-likeness (QED) is 0.848. The van der Waals surface area contributed by atoms with Gasteiger partial charge in [0.1, 0.15) is 0 Å². The van der Waals surface area contributed by atoms with E-state index in [1.165, 1.54) is 22.0 Å². The molecule has 0 spiro atoms. The largest absolute Gasteiger partial charge is 0.344 e. The van der Waals surface area contributed by atoms with Gasteiger partial charge in [-0.2, -0.15) is 0 Å². The van der Waals surface area contributed by atoms with E-state index in [0.717, 1.165) is 6.54 Å². The number of nitrogens with one attached hydrogen (secondary N) is 1. The van der Waals surface area contributed by atoms with Crippen LogP contribution in [0.1, 0.15) is 31.0 Å². The molecule has 0 aliphatic heterocycles. The highest BCUT2D eigenvalue weighted by molar-refractivity contribution is 5.87. The first-order chi connectivity index (χ1) is 8.19. The summed E-state index contributed by atoms with van der Waals surface area (Å²) in [5, 5.41) is 4.54. The van der Waals surface area contributed by atoms with Crippen molar-refractivity contribution in [2.75, 3.05) is 7.05 Å². The number of benzene rings is 1. The number of aromatic nitrogens is 1. The third-order valence-electron chi connectivity index (χ3n) is 3.16. The molecule has 2 aromatic rings. The fourth-order valence-electron chi connectivity index (χ4n) is 2.36. The Labute approximate surface area is 103 Å². The zero-order valence-corrected chi connectivity index (χ0v) is 10.8. The maximum absolute atomic E-state index is 5.84. The van der Waals surface area contributed by atoms with Crippen LogP contribution in [0, 0.1) is 0 Å². The number of nitrogens with zero attached hydrogens (tertiary/aromatic N) is 1. The summed E-state index contributed by atoms with van der Waals surface area (Å²) in [6.07, 6.45) is 2.24. The lowest BCUT2D eigenvalue weighted by molar-refractivity contribution is 0.617. The molecule has 1 aromatic heterocycles. The van der Waals surface area contributed by atoms with Gasteiger partial charge in [-0.3, -0.25) is 0 Å². The zero-order chi connectivity index (χ0) is 12.4. The molecule has 0 saturated carbocycles. The molecule has 0 unspecified atom stereocenters. The van der Waals surface area contributed by atoms with E-state index in [1.807, 2.05) is 7.05 Å². The highest BCUT2D eigenvalue weighted by atomic mass is 15.0. The lowest BCUT2D eigenvalue weighted by Gasteiger charge is -2.11. The second-order valence-corrected chi connectivity index (χ2v) is 4.70. The number of rotatable bonds is 4. The molecule has 0 atom stereocenters. The van der Waals surface area contributed by atoms with Crippen molar-refractivity contribution in [1.29, 1.82) is 0 Å². The van der Waals surface area contributed by atoms with Crippen LogP contribution in [0.15, 0.2) is 24.4 Å². The van der Waals surface area contributed by atoms with Gasteiger partial charge in [-0.1, -0.05) is 18.2 Å². The molecule has 0 saturated heterocycles. The van der Waals surface area contributed by atoms with E-state index in [9.17, 15) is 0 Å². The van der Waals surface area contributed by atoms with E-state index in [-0.39, 0.29) is 0 Å². The van der Waals surface area contributed by atoms with Gasteiger partial charge in [0.2, 0.25) is 0 Å². The van der Waals surface area contributed by atoms with Crippen molar-refractivity contribution in [3.05, 3.63) is 35.5 Å². The third kappa shape index (κ3) is 2.08. The van der Waals surface area contributed by atoms with Crippen molar-refractivity contribution in [1.82, 2.24) is 9.88 Å². The number of hydrogen-bond donors (Lipinski definition) is 2. The van der Waals surface area contributed by atoms with Gasteiger partial charge in [0.25, 0.3) is 0 Å². The maximum Gasteiger partial charge on any atom is 0.0531 e. The first kappa shape index (κ1) is 12.1. The lowest BCUT2D eigenvalue weighted by Crippen LogP contribution is -2.04. The van der Waals surface area contributed by atoms with Gasteiger partial charge < -0.3 is 15.6 Å². The van der Waals surface area contributed by atoms with Crippen molar-refractivity contribution in [2.45, 2.75) is 33.0 Å². The van der Waals surface area contributed by atoms with E-state index in [4.69, 9.17) is 5.73 Å². The fourth-order valence-corrected chi connectivity index (χ4v) is 2.36. The third-order valence-corrected chi connectivity index (χ3v) is 3.16. The van der Waals surface area contributed by atoms with Crippen LogP contribution in [0.2, 0.25) is 0 Å². The van der Waals surface area contributed by atoms with Gasteiger partial charge in [-0.05, 0) is 32.0 Å². The average molecular weight is 231 g/mol. The monoisotopic (exact) mass is 231 g/mol. The second kappa shape index (κ2) is 4.90. The number of hydrogen-bond acceptors (Lipinski definition) is 2. The second-order valence-electron chi connectivity index (χ2n) is 4.70. The van der Waals surface area contributed by atoms with Crippen molar-refractivity contribution in [3.8, 4) is 0 Å². The number of nitrogens with two attached hydrogens (primary N) is 1. The Kier molecular flexibility index (Phi) is 3.50. The highest BCUT2D eigenvalue weighted by Crippen LogP contribution is 2.27. The van der Waals surface area contributed by atoms with Crippen LogP contribution in [-0.4, -0.2) is 11.6 Å². The van der Waals surface area contributed by atoms with Gasteiger partial charge in [0, 0.05) is 30.7 Å². The van der Waals surface area contributed by atoms with Crippen LogP contribution in [0.25, 0.3) is 10.9 Å². The summed E-state index contributed by atoms with van der Waals surface area (Å²) < 4.78 is 2.32. The Balaban J connectivity index is 2.71. The number of fused-ring (bicyclic) bond motifs is 1. The SMILES string of the molecule is CNCc1cn(C(C)C)c2c(CN)cccc12. The van der Waals surface area contributed by atoms with Gasteiger partial charge in [-0.15, -0.1) is 0 Å². The molecule has 3 heteroatoms. The lowest BCUT2D eigenvalue weighted by atomic mass is 10.1. The summed E-state index contributed by atoms with van der Waals surface area (Å²) in [6, 6.07) is 6.84. The van der Waals surface area contributed by atoms with Gasteiger partial charge >= 0.3 is 0 Å². The first-order valence-corrected chi connectivity index (χ1v) is 6.15. The molecular formula is C14H21N3. The molecule has 92 valence electrons. The minimum atomic E-state index is 0.454. The van der Waals surface area contributed by atoms with Gasteiger partial charge in [-0.25, -0.2) is 0 Å². The normalized spacial score (nSPS) is 11.6. The molecule has 0 aliphatic rings. The topological polar surface area (TPSA) is 43.0 Å². The average Bonchev–Trinajstić information content (AvgIpc) is 2.69. The molecule has 2 rings (SSSR count).